The van der Waals surface area contributed by atoms with Crippen molar-refractivity contribution in [3.05, 3.63) is 58.3 Å². The van der Waals surface area contributed by atoms with Crippen molar-refractivity contribution in [1.29, 1.82) is 0 Å². The number of methoxy groups -OCH3 is 1. The number of carboxylic acid groups (broad SMARTS) is 1. The van der Waals surface area contributed by atoms with Gasteiger partial charge in [0.2, 0.25) is 0 Å². The number of hydrogen-bond donors (Lipinski definition) is 1. The Bertz CT molecular complexity index is 692. The van der Waals surface area contributed by atoms with E-state index in [4.69, 9.17) is 14.6 Å². The van der Waals surface area contributed by atoms with E-state index in [1.807, 2.05) is 7.11 Å². The molecule has 1 aromatic carbocycles. The van der Waals surface area contributed by atoms with Crippen molar-refractivity contribution < 1.29 is 27.8 Å². The predicted molar refractivity (Wildman–Crippen MR) is 97.8 cm³/mol. The zero-order valence-electron chi connectivity index (χ0n) is 14.9. The molecular weight excluding hydrogens is 379 g/mol. The van der Waals surface area contributed by atoms with Crippen molar-refractivity contribution in [1.82, 2.24) is 4.90 Å². The molecule has 0 unspecified atom stereocenters. The Kier molecular flexibility index (Phi) is 7.82. The van der Waals surface area contributed by atoms with E-state index in [1.165, 1.54) is 11.1 Å². The number of thiophene rings is 1. The minimum absolute atomic E-state index is 0.355. The quantitative estimate of drug-likeness (QED) is 0.815. The minimum atomic E-state index is -5.08. The van der Waals surface area contributed by atoms with Gasteiger partial charge < -0.3 is 9.84 Å². The number of carbonyl (C=O) groups is 1. The monoisotopic (exact) mass is 401 g/mol. The molecule has 0 aliphatic carbocycles. The highest BCUT2D eigenvalue weighted by Crippen LogP contribution is 2.26. The van der Waals surface area contributed by atoms with Crippen LogP contribution in [0.4, 0.5) is 13.2 Å². The lowest BCUT2D eigenvalue weighted by Crippen LogP contribution is -2.37. The van der Waals surface area contributed by atoms with Crippen LogP contribution in [0, 0.1) is 0 Å². The fourth-order valence-electron chi connectivity index (χ4n) is 3.09. The Hall–Kier alpha value is -1.90. The summed E-state index contributed by atoms with van der Waals surface area (Å²) in [6.07, 6.45) is -2.52. The van der Waals surface area contributed by atoms with Gasteiger partial charge in [-0.05, 0) is 40.8 Å². The average molecular weight is 401 g/mol. The van der Waals surface area contributed by atoms with Crippen LogP contribution in [0.15, 0.2) is 47.2 Å². The molecule has 0 radical (unpaired) electrons. The van der Waals surface area contributed by atoms with E-state index in [9.17, 15) is 13.2 Å². The number of hydrogen-bond acceptors (Lipinski definition) is 4. The summed E-state index contributed by atoms with van der Waals surface area (Å²) in [6.45, 7) is 2.17. The lowest BCUT2D eigenvalue weighted by Gasteiger charge is -2.27. The summed E-state index contributed by atoms with van der Waals surface area (Å²) in [5.74, 6) is -2.76. The number of alkyl halides is 3. The maximum absolute atomic E-state index is 10.6. The summed E-state index contributed by atoms with van der Waals surface area (Å²) in [5.41, 5.74) is 2.82. The van der Waals surface area contributed by atoms with Crippen LogP contribution in [-0.2, 0) is 22.5 Å². The number of rotatable bonds is 5. The molecule has 3 rings (SSSR count). The van der Waals surface area contributed by atoms with E-state index in [0.29, 0.717) is 12.1 Å². The second-order valence-electron chi connectivity index (χ2n) is 6.22. The van der Waals surface area contributed by atoms with E-state index in [1.54, 1.807) is 11.3 Å². The van der Waals surface area contributed by atoms with E-state index in [0.717, 1.165) is 25.9 Å². The third-order valence-corrected chi connectivity index (χ3v) is 5.13. The van der Waals surface area contributed by atoms with Gasteiger partial charge in [-0.25, -0.2) is 4.79 Å². The molecule has 27 heavy (non-hydrogen) atoms. The van der Waals surface area contributed by atoms with Crippen LogP contribution < -0.4 is 0 Å². The first kappa shape index (κ1) is 21.4. The van der Waals surface area contributed by atoms with Crippen LogP contribution >= 0.6 is 11.3 Å². The van der Waals surface area contributed by atoms with Gasteiger partial charge >= 0.3 is 12.1 Å². The van der Waals surface area contributed by atoms with E-state index in [2.05, 4.69) is 52.1 Å². The van der Waals surface area contributed by atoms with E-state index in [-0.39, 0.29) is 0 Å². The normalized spacial score (nSPS) is 20.1. The fraction of sp³-hybridized carbons (Fsp3) is 0.421. The van der Waals surface area contributed by atoms with Crippen LogP contribution in [0.3, 0.4) is 0 Å². The van der Waals surface area contributed by atoms with Crippen LogP contribution in [0.2, 0.25) is 0 Å². The Morgan fingerprint density at radius 2 is 1.93 bits per heavy atom. The Labute approximate surface area is 160 Å². The van der Waals surface area contributed by atoms with Crippen molar-refractivity contribution in [3.8, 4) is 0 Å². The lowest BCUT2D eigenvalue weighted by molar-refractivity contribution is -0.192. The maximum Gasteiger partial charge on any atom is 0.490 e. The first-order valence-electron chi connectivity index (χ1n) is 8.43. The van der Waals surface area contributed by atoms with Gasteiger partial charge in [-0.2, -0.15) is 24.5 Å². The molecule has 4 nitrogen and oxygen atoms in total. The van der Waals surface area contributed by atoms with Gasteiger partial charge in [0.25, 0.3) is 0 Å². The number of likely N-dealkylation sites (tertiary alicyclic amines) is 1. The third kappa shape index (κ3) is 6.64. The lowest BCUT2D eigenvalue weighted by atomic mass is 10.0. The standard InChI is InChI=1S/C17H21NOS.C2HF3O2/c1-19-17-7-9-18(12-15-8-10-20-13-15)16(17)11-14-5-3-2-4-6-14;3-2(4,5)1(6)7/h2-6,8,10,13,16-17H,7,9,11-12H2,1H3;(H,6,7)/t16-,17+;/m0./s1. The number of halogens is 3. The molecule has 1 aliphatic rings. The minimum Gasteiger partial charge on any atom is -0.475 e. The van der Waals surface area contributed by atoms with Gasteiger partial charge in [-0.1, -0.05) is 30.3 Å². The molecule has 1 aliphatic heterocycles. The number of benzene rings is 1. The molecule has 0 spiro atoms. The topological polar surface area (TPSA) is 49.8 Å². The van der Waals surface area contributed by atoms with Crippen LogP contribution in [0.1, 0.15) is 17.5 Å². The summed E-state index contributed by atoms with van der Waals surface area (Å²) in [4.78, 5) is 11.5. The molecule has 1 N–H and O–H groups in total. The maximum atomic E-state index is 10.6. The van der Waals surface area contributed by atoms with Crippen molar-refractivity contribution in [2.45, 2.75) is 37.7 Å². The van der Waals surface area contributed by atoms with Gasteiger partial charge in [0.05, 0.1) is 6.10 Å². The smallest absolute Gasteiger partial charge is 0.475 e. The third-order valence-electron chi connectivity index (χ3n) is 4.40. The van der Waals surface area contributed by atoms with Crippen molar-refractivity contribution in [2.24, 2.45) is 0 Å². The van der Waals surface area contributed by atoms with Gasteiger partial charge in [0, 0.05) is 26.2 Å². The highest BCUT2D eigenvalue weighted by atomic mass is 32.1. The second kappa shape index (κ2) is 9.87. The number of carboxylic acids is 1. The zero-order valence-corrected chi connectivity index (χ0v) is 15.7. The van der Waals surface area contributed by atoms with Gasteiger partial charge in [-0.15, -0.1) is 0 Å². The molecule has 2 atom stereocenters. The Balaban J connectivity index is 0.000000321. The van der Waals surface area contributed by atoms with Crippen molar-refractivity contribution in [3.63, 3.8) is 0 Å². The molecule has 0 amide bonds. The summed E-state index contributed by atoms with van der Waals surface area (Å²) in [6, 6.07) is 13.5. The van der Waals surface area contributed by atoms with Crippen molar-refractivity contribution in [2.75, 3.05) is 13.7 Å². The predicted octanol–water partition coefficient (Wildman–Crippen LogP) is 4.21. The van der Waals surface area contributed by atoms with Crippen LogP contribution in [-0.4, -0.2) is 48.0 Å². The number of aliphatic carboxylic acids is 1. The Morgan fingerprint density at radius 3 is 2.44 bits per heavy atom. The largest absolute Gasteiger partial charge is 0.490 e. The molecule has 1 fully saturated rings. The average Bonchev–Trinajstić information content (AvgIpc) is 3.26. The highest BCUT2D eigenvalue weighted by Gasteiger charge is 2.38. The van der Waals surface area contributed by atoms with Crippen molar-refractivity contribution >= 4 is 17.3 Å². The van der Waals surface area contributed by atoms with E-state index >= 15 is 0 Å². The summed E-state index contributed by atoms with van der Waals surface area (Å²) >= 11 is 1.78. The molecule has 1 aromatic heterocycles. The number of nitrogens with zero attached hydrogens (tertiary/aromatic N) is 1. The highest BCUT2D eigenvalue weighted by molar-refractivity contribution is 7.07. The molecular formula is C19H22F3NO3S. The molecule has 2 heterocycles. The molecule has 8 heteroatoms. The first-order valence-corrected chi connectivity index (χ1v) is 9.37. The molecule has 1 saturated heterocycles. The number of ether oxygens (including phenoxy) is 1. The van der Waals surface area contributed by atoms with Crippen LogP contribution in [0.25, 0.3) is 0 Å². The summed E-state index contributed by atoms with van der Waals surface area (Å²) in [5, 5.41) is 11.5. The summed E-state index contributed by atoms with van der Waals surface area (Å²) in [7, 11) is 1.84. The molecule has 0 bridgehead atoms. The molecule has 148 valence electrons. The van der Waals surface area contributed by atoms with Gasteiger partial charge in [0.1, 0.15) is 0 Å². The van der Waals surface area contributed by atoms with Crippen LogP contribution in [0.5, 0.6) is 0 Å². The summed E-state index contributed by atoms with van der Waals surface area (Å²) < 4.78 is 37.4. The fourth-order valence-corrected chi connectivity index (χ4v) is 3.75. The molecule has 2 aromatic rings. The van der Waals surface area contributed by atoms with E-state index < -0.39 is 12.1 Å². The first-order chi connectivity index (χ1) is 12.8. The second-order valence-corrected chi connectivity index (χ2v) is 7.00. The van der Waals surface area contributed by atoms with Gasteiger partial charge in [-0.3, -0.25) is 4.90 Å². The van der Waals surface area contributed by atoms with Gasteiger partial charge in [0.15, 0.2) is 0 Å². The Morgan fingerprint density at radius 1 is 1.26 bits per heavy atom. The molecule has 0 saturated carbocycles. The zero-order chi connectivity index (χ0) is 19.9. The SMILES string of the molecule is CO[C@@H]1CCN(Cc2ccsc2)[C@H]1Cc1ccccc1.O=C(O)C(F)(F)F.